The van der Waals surface area contributed by atoms with Gasteiger partial charge in [0, 0.05) is 41.6 Å². The van der Waals surface area contributed by atoms with E-state index in [1.807, 2.05) is 12.4 Å². The molecule has 1 N–H and O–H groups in total. The summed E-state index contributed by atoms with van der Waals surface area (Å²) in [4.78, 5) is 11.4. The molecular formula is C16H29N3. The van der Waals surface area contributed by atoms with Crippen LogP contribution in [0.2, 0.25) is 0 Å². The standard InChI is InChI=1S/C8H13N.C7H12N2.CH4/c1-8(2,3)7-5-4-6-9-7;1-7(2,3)6-8-4-5-9-6;/h5-6H,4H2,1-3H3;4-5H,1-3H3,(H,8,9);1H4. The third-order valence-electron chi connectivity index (χ3n) is 2.62. The number of aromatic nitrogens is 2. The zero-order valence-corrected chi connectivity index (χ0v) is 12.4. The van der Waals surface area contributed by atoms with E-state index in [0.717, 1.165) is 12.2 Å². The van der Waals surface area contributed by atoms with Crippen molar-refractivity contribution in [2.45, 2.75) is 60.8 Å². The number of nitrogens with zero attached hydrogens (tertiary/aromatic N) is 2. The lowest BCUT2D eigenvalue weighted by molar-refractivity contribution is 0.500. The second-order valence-electron chi connectivity index (χ2n) is 6.57. The Bertz CT molecular complexity index is 412. The third-order valence-corrected chi connectivity index (χ3v) is 2.62. The van der Waals surface area contributed by atoms with Gasteiger partial charge in [0.1, 0.15) is 5.82 Å². The number of rotatable bonds is 0. The van der Waals surface area contributed by atoms with Gasteiger partial charge in [0.15, 0.2) is 0 Å². The van der Waals surface area contributed by atoms with Crippen molar-refractivity contribution in [3.8, 4) is 0 Å². The molecule has 0 spiro atoms. The topological polar surface area (TPSA) is 41.0 Å². The minimum atomic E-state index is 0. The van der Waals surface area contributed by atoms with E-state index in [1.165, 1.54) is 5.70 Å². The van der Waals surface area contributed by atoms with Gasteiger partial charge in [-0.05, 0) is 0 Å². The Kier molecular flexibility index (Phi) is 6.20. The van der Waals surface area contributed by atoms with Gasteiger partial charge < -0.3 is 4.98 Å². The summed E-state index contributed by atoms with van der Waals surface area (Å²) in [5.74, 6) is 1.04. The summed E-state index contributed by atoms with van der Waals surface area (Å²) >= 11 is 0. The van der Waals surface area contributed by atoms with Crippen molar-refractivity contribution in [1.82, 2.24) is 9.97 Å². The van der Waals surface area contributed by atoms with Crippen molar-refractivity contribution in [2.75, 3.05) is 0 Å². The van der Waals surface area contributed by atoms with E-state index in [0.29, 0.717) is 0 Å². The Morgan fingerprint density at radius 2 is 1.68 bits per heavy atom. The number of H-pyrrole nitrogens is 1. The number of aromatic amines is 1. The molecule has 0 saturated carbocycles. The summed E-state index contributed by atoms with van der Waals surface area (Å²) in [7, 11) is 0. The molecule has 2 rings (SSSR count). The van der Waals surface area contributed by atoms with Crippen molar-refractivity contribution in [2.24, 2.45) is 10.4 Å². The molecule has 0 amide bonds. The molecule has 2 heterocycles. The first-order valence-electron chi connectivity index (χ1n) is 6.44. The number of allylic oxidation sites excluding steroid dienone is 2. The first kappa shape index (κ1) is 17.6. The van der Waals surface area contributed by atoms with Gasteiger partial charge in [-0.2, -0.15) is 0 Å². The van der Waals surface area contributed by atoms with Crippen LogP contribution in [0.1, 0.15) is 61.2 Å². The van der Waals surface area contributed by atoms with E-state index >= 15 is 0 Å². The molecule has 1 aliphatic rings. The van der Waals surface area contributed by atoms with E-state index in [1.54, 1.807) is 6.20 Å². The summed E-state index contributed by atoms with van der Waals surface area (Å²) in [6.45, 7) is 12.9. The second-order valence-corrected chi connectivity index (χ2v) is 6.57. The van der Waals surface area contributed by atoms with Crippen LogP contribution in [0.25, 0.3) is 0 Å². The fourth-order valence-corrected chi connectivity index (χ4v) is 1.54. The molecule has 1 aromatic heterocycles. The lowest BCUT2D eigenvalue weighted by Gasteiger charge is -2.16. The van der Waals surface area contributed by atoms with Crippen molar-refractivity contribution in [3.63, 3.8) is 0 Å². The minimum absolute atomic E-state index is 0. The summed E-state index contributed by atoms with van der Waals surface area (Å²) < 4.78 is 0. The molecule has 0 atom stereocenters. The van der Waals surface area contributed by atoms with Crippen LogP contribution < -0.4 is 0 Å². The van der Waals surface area contributed by atoms with E-state index in [9.17, 15) is 0 Å². The average Bonchev–Trinajstić information content (AvgIpc) is 2.91. The molecule has 0 bridgehead atoms. The third kappa shape index (κ3) is 5.86. The van der Waals surface area contributed by atoms with Crippen LogP contribution >= 0.6 is 0 Å². The Hall–Kier alpha value is -1.38. The van der Waals surface area contributed by atoms with Crippen LogP contribution in [0, 0.1) is 5.41 Å². The zero-order chi connectivity index (χ0) is 13.8. The van der Waals surface area contributed by atoms with Crippen LogP contribution in [-0.2, 0) is 5.41 Å². The molecule has 1 aliphatic heterocycles. The highest BCUT2D eigenvalue weighted by atomic mass is 14.9. The van der Waals surface area contributed by atoms with Gasteiger partial charge >= 0.3 is 0 Å². The van der Waals surface area contributed by atoms with Crippen LogP contribution in [0.5, 0.6) is 0 Å². The summed E-state index contributed by atoms with van der Waals surface area (Å²) in [5.41, 5.74) is 1.62. The van der Waals surface area contributed by atoms with Crippen LogP contribution in [0.15, 0.2) is 29.2 Å². The molecule has 3 nitrogen and oxygen atoms in total. The number of aliphatic imine (C=N–C) groups is 1. The zero-order valence-electron chi connectivity index (χ0n) is 12.4. The molecule has 1 aromatic rings. The minimum Gasteiger partial charge on any atom is -0.348 e. The summed E-state index contributed by atoms with van der Waals surface area (Å²) in [6.07, 6.45) is 8.79. The van der Waals surface area contributed by atoms with Gasteiger partial charge in [-0.1, -0.05) is 55.0 Å². The lowest BCUT2D eigenvalue weighted by Crippen LogP contribution is -2.12. The number of hydrogen-bond acceptors (Lipinski definition) is 2. The Balaban J connectivity index is 0.000000324. The molecule has 19 heavy (non-hydrogen) atoms. The maximum Gasteiger partial charge on any atom is 0.111 e. The Morgan fingerprint density at radius 1 is 1.05 bits per heavy atom. The van der Waals surface area contributed by atoms with Gasteiger partial charge in [-0.15, -0.1) is 0 Å². The average molecular weight is 263 g/mol. The van der Waals surface area contributed by atoms with Crippen molar-refractivity contribution in [3.05, 3.63) is 30.0 Å². The van der Waals surface area contributed by atoms with Crippen LogP contribution in [-0.4, -0.2) is 16.2 Å². The van der Waals surface area contributed by atoms with E-state index in [-0.39, 0.29) is 18.3 Å². The molecule has 0 saturated heterocycles. The lowest BCUT2D eigenvalue weighted by atomic mass is 9.92. The van der Waals surface area contributed by atoms with Gasteiger partial charge in [-0.25, -0.2) is 4.98 Å². The molecule has 0 aliphatic carbocycles. The molecule has 0 aromatic carbocycles. The second kappa shape index (κ2) is 6.69. The first-order chi connectivity index (χ1) is 8.21. The number of nitrogens with one attached hydrogen (secondary N) is 1. The molecule has 0 unspecified atom stereocenters. The van der Waals surface area contributed by atoms with Crippen molar-refractivity contribution >= 4 is 6.21 Å². The quantitative estimate of drug-likeness (QED) is 0.722. The highest BCUT2D eigenvalue weighted by molar-refractivity contribution is 5.65. The molecular weight excluding hydrogens is 234 g/mol. The normalized spacial score (nSPS) is 14.3. The maximum atomic E-state index is 4.24. The molecule has 0 fully saturated rings. The highest BCUT2D eigenvalue weighted by Gasteiger charge is 2.17. The van der Waals surface area contributed by atoms with Crippen molar-refractivity contribution < 1.29 is 0 Å². The van der Waals surface area contributed by atoms with Gasteiger partial charge in [0.25, 0.3) is 0 Å². The number of hydrogen-bond donors (Lipinski definition) is 1. The smallest absolute Gasteiger partial charge is 0.111 e. The molecule has 3 heteroatoms. The fraction of sp³-hybridized carbons (Fsp3) is 0.625. The Labute approximate surface area is 118 Å². The predicted molar refractivity (Wildman–Crippen MR) is 84.7 cm³/mol. The monoisotopic (exact) mass is 263 g/mol. The summed E-state index contributed by atoms with van der Waals surface area (Å²) in [6, 6.07) is 0. The van der Waals surface area contributed by atoms with Crippen LogP contribution in [0.4, 0.5) is 0 Å². The first-order valence-corrected chi connectivity index (χ1v) is 6.44. The maximum absolute atomic E-state index is 4.24. The van der Waals surface area contributed by atoms with Gasteiger partial charge in [0.05, 0.1) is 0 Å². The fourth-order valence-electron chi connectivity index (χ4n) is 1.54. The molecule has 0 radical (unpaired) electrons. The Morgan fingerprint density at radius 3 is 1.89 bits per heavy atom. The van der Waals surface area contributed by atoms with Gasteiger partial charge in [-0.3, -0.25) is 4.99 Å². The van der Waals surface area contributed by atoms with E-state index < -0.39 is 0 Å². The van der Waals surface area contributed by atoms with E-state index in [2.05, 4.69) is 62.6 Å². The van der Waals surface area contributed by atoms with Crippen LogP contribution in [0.3, 0.4) is 0 Å². The summed E-state index contributed by atoms with van der Waals surface area (Å²) in [5, 5.41) is 0. The SMILES string of the molecule is C.CC(C)(C)C1=CCC=N1.CC(C)(C)c1ncc[nH]1. The number of imidazole rings is 1. The highest BCUT2D eigenvalue weighted by Crippen LogP contribution is 2.28. The largest absolute Gasteiger partial charge is 0.348 e. The van der Waals surface area contributed by atoms with E-state index in [4.69, 9.17) is 0 Å². The van der Waals surface area contributed by atoms with Gasteiger partial charge in [0.2, 0.25) is 0 Å². The predicted octanol–water partition coefficient (Wildman–Crippen LogP) is 4.73. The molecule has 108 valence electrons. The van der Waals surface area contributed by atoms with Crippen molar-refractivity contribution in [1.29, 1.82) is 0 Å².